The van der Waals surface area contributed by atoms with Gasteiger partial charge in [0.1, 0.15) is 40.3 Å². The fraction of sp³-hybridized carbons (Fsp3) is 0.143. The lowest BCUT2D eigenvalue weighted by molar-refractivity contribution is 0.385. The summed E-state index contributed by atoms with van der Waals surface area (Å²) in [6, 6.07) is 38.8. The molecule has 1 unspecified atom stereocenters. The Kier molecular flexibility index (Phi) is 6.39. The van der Waals surface area contributed by atoms with E-state index in [1.54, 1.807) is 14.2 Å². The van der Waals surface area contributed by atoms with Crippen LogP contribution >= 0.6 is 7.26 Å². The van der Waals surface area contributed by atoms with Crippen LogP contribution < -0.4 is 25.4 Å². The molecule has 156 valence electrons. The lowest BCUT2D eigenvalue weighted by atomic mass is 10.1. The van der Waals surface area contributed by atoms with Gasteiger partial charge >= 0.3 is 0 Å². The SMILES string of the molecule is COc1cccc(OC)c1C(C)[P+](c1ccccc1)(c1ccccc1)c1ccccc1. The van der Waals surface area contributed by atoms with Crippen LogP contribution in [-0.2, 0) is 0 Å². The average molecular weight is 428 g/mol. The minimum absolute atomic E-state index is 0.130. The first-order chi connectivity index (χ1) is 15.2. The molecule has 0 bridgehead atoms. The summed E-state index contributed by atoms with van der Waals surface area (Å²) in [4.78, 5) is 0. The standard InChI is InChI=1S/C28H28O2P/c1-22(28-26(29-2)20-13-21-27(28)30-3)31(23-14-7-4-8-15-23,24-16-9-5-10-17-24)25-18-11-6-12-19-25/h4-22H,1-3H3/q+1. The minimum Gasteiger partial charge on any atom is -0.496 e. The first-order valence-electron chi connectivity index (χ1n) is 10.5. The minimum atomic E-state index is -2.11. The van der Waals surface area contributed by atoms with Crippen LogP contribution in [0.25, 0.3) is 0 Å². The quantitative estimate of drug-likeness (QED) is 0.349. The molecule has 0 heterocycles. The Bertz CT molecular complexity index is 993. The molecule has 4 aromatic rings. The zero-order valence-electron chi connectivity index (χ0n) is 18.2. The summed E-state index contributed by atoms with van der Waals surface area (Å²) >= 11 is 0. The van der Waals surface area contributed by atoms with Gasteiger partial charge in [-0.2, -0.15) is 0 Å². The highest BCUT2D eigenvalue weighted by Crippen LogP contribution is 2.68. The molecule has 0 aliphatic heterocycles. The molecule has 0 saturated carbocycles. The van der Waals surface area contributed by atoms with E-state index in [1.165, 1.54) is 15.9 Å². The molecule has 0 aliphatic rings. The van der Waals surface area contributed by atoms with Crippen LogP contribution in [-0.4, -0.2) is 14.2 Å². The van der Waals surface area contributed by atoms with E-state index in [1.807, 2.05) is 18.2 Å². The van der Waals surface area contributed by atoms with Gasteiger partial charge in [-0.25, -0.2) is 0 Å². The van der Waals surface area contributed by atoms with Crippen molar-refractivity contribution in [3.05, 3.63) is 115 Å². The zero-order valence-corrected chi connectivity index (χ0v) is 19.1. The molecule has 0 aromatic heterocycles. The Labute approximate surface area is 185 Å². The van der Waals surface area contributed by atoms with Crippen LogP contribution in [0.15, 0.2) is 109 Å². The van der Waals surface area contributed by atoms with Crippen molar-refractivity contribution < 1.29 is 9.47 Å². The van der Waals surface area contributed by atoms with Crippen LogP contribution in [0.2, 0.25) is 0 Å². The Balaban J connectivity index is 2.11. The van der Waals surface area contributed by atoms with E-state index in [-0.39, 0.29) is 5.66 Å². The zero-order chi connectivity index (χ0) is 21.7. The second kappa shape index (κ2) is 9.37. The average Bonchev–Trinajstić information content (AvgIpc) is 2.86. The second-order valence-corrected chi connectivity index (χ2v) is 11.3. The van der Waals surface area contributed by atoms with Gasteiger partial charge in [0, 0.05) is 0 Å². The van der Waals surface area contributed by atoms with E-state index >= 15 is 0 Å². The van der Waals surface area contributed by atoms with E-state index in [0.717, 1.165) is 17.1 Å². The molecule has 0 N–H and O–H groups in total. The largest absolute Gasteiger partial charge is 0.496 e. The van der Waals surface area contributed by atoms with Gasteiger partial charge in [0.25, 0.3) is 0 Å². The fourth-order valence-electron chi connectivity index (χ4n) is 4.59. The van der Waals surface area contributed by atoms with Gasteiger partial charge < -0.3 is 9.47 Å². The maximum absolute atomic E-state index is 5.85. The van der Waals surface area contributed by atoms with Gasteiger partial charge in [-0.3, -0.25) is 0 Å². The summed E-state index contributed by atoms with van der Waals surface area (Å²) < 4.78 is 11.7. The molecule has 31 heavy (non-hydrogen) atoms. The molecule has 0 amide bonds. The summed E-state index contributed by atoms with van der Waals surface area (Å²) in [6.07, 6.45) is 0. The van der Waals surface area contributed by atoms with Gasteiger partial charge in [-0.05, 0) is 55.5 Å². The summed E-state index contributed by atoms with van der Waals surface area (Å²) in [5.74, 6) is 1.72. The predicted octanol–water partition coefficient (Wildman–Crippen LogP) is 5.76. The van der Waals surface area contributed by atoms with Crippen molar-refractivity contribution in [2.75, 3.05) is 14.2 Å². The van der Waals surface area contributed by atoms with Gasteiger partial charge in [0.2, 0.25) is 0 Å². The van der Waals surface area contributed by atoms with Crippen LogP contribution in [0.3, 0.4) is 0 Å². The summed E-state index contributed by atoms with van der Waals surface area (Å²) in [5.41, 5.74) is 1.24. The van der Waals surface area contributed by atoms with E-state index in [4.69, 9.17) is 9.47 Å². The maximum atomic E-state index is 5.85. The van der Waals surface area contributed by atoms with Crippen molar-refractivity contribution in [3.8, 4) is 11.5 Å². The van der Waals surface area contributed by atoms with E-state index in [2.05, 4.69) is 97.9 Å². The number of rotatable bonds is 7. The summed E-state index contributed by atoms with van der Waals surface area (Å²) in [7, 11) is 1.36. The lowest BCUT2D eigenvalue weighted by Crippen LogP contribution is -2.34. The third-order valence-corrected chi connectivity index (χ3v) is 10.7. The molecule has 3 heteroatoms. The van der Waals surface area contributed by atoms with Gasteiger partial charge in [0.05, 0.1) is 19.8 Å². The molecular formula is C28H28O2P+. The first kappa shape index (κ1) is 21.2. The molecule has 2 nitrogen and oxygen atoms in total. The van der Waals surface area contributed by atoms with Crippen molar-refractivity contribution in [1.82, 2.24) is 0 Å². The Morgan fingerprint density at radius 1 is 0.516 bits per heavy atom. The topological polar surface area (TPSA) is 18.5 Å². The smallest absolute Gasteiger partial charge is 0.129 e. The van der Waals surface area contributed by atoms with Gasteiger partial charge in [0.15, 0.2) is 0 Å². The monoisotopic (exact) mass is 427 g/mol. The number of hydrogen-bond donors (Lipinski definition) is 0. The van der Waals surface area contributed by atoms with Gasteiger partial charge in [-0.1, -0.05) is 60.7 Å². The third kappa shape index (κ3) is 3.73. The Hall–Kier alpha value is -3.09. The third-order valence-electron chi connectivity index (χ3n) is 5.96. The van der Waals surface area contributed by atoms with Crippen molar-refractivity contribution in [3.63, 3.8) is 0 Å². The van der Waals surface area contributed by atoms with E-state index in [0.29, 0.717) is 0 Å². The highest BCUT2D eigenvalue weighted by Gasteiger charge is 2.52. The van der Waals surface area contributed by atoms with E-state index < -0.39 is 7.26 Å². The number of benzene rings is 4. The first-order valence-corrected chi connectivity index (χ1v) is 12.4. The normalized spacial score (nSPS) is 12.2. The number of ether oxygens (including phenoxy) is 2. The van der Waals surface area contributed by atoms with Crippen molar-refractivity contribution in [1.29, 1.82) is 0 Å². The van der Waals surface area contributed by atoms with Crippen LogP contribution in [0.4, 0.5) is 0 Å². The highest BCUT2D eigenvalue weighted by atomic mass is 31.2. The van der Waals surface area contributed by atoms with E-state index in [9.17, 15) is 0 Å². The molecule has 1 atom stereocenters. The molecule has 0 spiro atoms. The summed E-state index contributed by atoms with van der Waals surface area (Å²) in [5, 5.41) is 4.02. The lowest BCUT2D eigenvalue weighted by Gasteiger charge is -2.34. The molecule has 4 aromatic carbocycles. The fourth-order valence-corrected chi connectivity index (χ4v) is 9.40. The number of hydrogen-bond acceptors (Lipinski definition) is 2. The predicted molar refractivity (Wildman–Crippen MR) is 133 cm³/mol. The van der Waals surface area contributed by atoms with Crippen molar-refractivity contribution >= 4 is 23.2 Å². The molecule has 4 rings (SSSR count). The van der Waals surface area contributed by atoms with Crippen LogP contribution in [0.1, 0.15) is 18.1 Å². The second-order valence-electron chi connectivity index (χ2n) is 7.48. The van der Waals surface area contributed by atoms with Crippen molar-refractivity contribution in [2.24, 2.45) is 0 Å². The molecule has 0 aliphatic carbocycles. The molecular weight excluding hydrogens is 399 g/mol. The Morgan fingerprint density at radius 2 is 0.871 bits per heavy atom. The van der Waals surface area contributed by atoms with Crippen LogP contribution in [0.5, 0.6) is 11.5 Å². The maximum Gasteiger partial charge on any atom is 0.129 e. The number of methoxy groups -OCH3 is 2. The highest BCUT2D eigenvalue weighted by molar-refractivity contribution is 7.96. The van der Waals surface area contributed by atoms with Gasteiger partial charge in [-0.15, -0.1) is 0 Å². The summed E-state index contributed by atoms with van der Waals surface area (Å²) in [6.45, 7) is 2.32. The molecule has 0 radical (unpaired) electrons. The Morgan fingerprint density at radius 3 is 1.19 bits per heavy atom. The van der Waals surface area contributed by atoms with Crippen LogP contribution in [0, 0.1) is 0 Å². The molecule has 0 saturated heterocycles. The molecule has 0 fully saturated rings. The van der Waals surface area contributed by atoms with Crippen molar-refractivity contribution in [2.45, 2.75) is 12.6 Å².